The van der Waals surface area contributed by atoms with Gasteiger partial charge in [-0.3, -0.25) is 24.0 Å². The molecule has 0 spiro atoms. The van der Waals surface area contributed by atoms with Gasteiger partial charge in [0.05, 0.1) is 57.9 Å². The monoisotopic (exact) mass is 1780 g/mol. The summed E-state index contributed by atoms with van der Waals surface area (Å²) in [6.07, 6.45) is 2.38. The van der Waals surface area contributed by atoms with E-state index >= 15 is 0 Å². The van der Waals surface area contributed by atoms with Crippen molar-refractivity contribution < 1.29 is 96.4 Å². The van der Waals surface area contributed by atoms with E-state index < -0.39 is 118 Å². The zero-order valence-corrected chi connectivity index (χ0v) is 75.0. The maximum atomic E-state index is 13.3. The molecular formula is C83H113N15O21S4. The molecule has 5 aliphatic rings. The molecule has 123 heavy (non-hydrogen) atoms. The highest BCUT2D eigenvalue weighted by molar-refractivity contribution is 7.90. The fourth-order valence-corrected chi connectivity index (χ4v) is 20.4. The van der Waals surface area contributed by atoms with Crippen LogP contribution in [0.4, 0.5) is 9.59 Å². The van der Waals surface area contributed by atoms with E-state index in [4.69, 9.17) is 41.2 Å². The molecule has 4 amide bonds. The molecule has 5 fully saturated rings. The van der Waals surface area contributed by atoms with Gasteiger partial charge in [-0.2, -0.15) is 17.2 Å². The Morgan fingerprint density at radius 2 is 0.789 bits per heavy atom. The maximum absolute atomic E-state index is 13.3. The van der Waals surface area contributed by atoms with E-state index in [1.54, 1.807) is 137 Å². The predicted molar refractivity (Wildman–Crippen MR) is 458 cm³/mol. The van der Waals surface area contributed by atoms with Gasteiger partial charge in [0.15, 0.2) is 0 Å². The van der Waals surface area contributed by atoms with Crippen molar-refractivity contribution in [2.75, 3.05) is 68.6 Å². The highest BCUT2D eigenvalue weighted by Gasteiger charge is 2.48. The van der Waals surface area contributed by atoms with E-state index in [0.717, 1.165) is 42.0 Å². The zero-order valence-electron chi connectivity index (χ0n) is 71.7. The van der Waals surface area contributed by atoms with Gasteiger partial charge in [-0.25, -0.2) is 43.3 Å². The van der Waals surface area contributed by atoms with E-state index in [0.29, 0.717) is 56.6 Å². The van der Waals surface area contributed by atoms with Crippen molar-refractivity contribution in [3.8, 4) is 11.5 Å². The van der Waals surface area contributed by atoms with Crippen LogP contribution in [-0.4, -0.2) is 242 Å². The van der Waals surface area contributed by atoms with Crippen LogP contribution in [0.15, 0.2) is 175 Å². The van der Waals surface area contributed by atoms with Crippen LogP contribution in [0.25, 0.3) is 20.9 Å². The number of nitrogens with zero attached hydrogens (tertiary/aromatic N) is 12. The smallest absolute Gasteiger partial charge is 0.414 e. The number of aliphatic hydroxyl groups is 1. The lowest BCUT2D eigenvalue weighted by Crippen LogP contribution is -2.48. The number of aryl methyl sites for hydroxylation is 4. The number of hydrogen-bond acceptors (Lipinski definition) is 23. The second-order valence-corrected chi connectivity index (χ2v) is 38.3. The molecule has 6 N–H and O–H groups in total. The Kier molecular flexibility index (Phi) is 38.0. The predicted octanol–water partition coefficient (Wildman–Crippen LogP) is 9.57. The van der Waals surface area contributed by atoms with Gasteiger partial charge in [0.2, 0.25) is 51.9 Å². The molecule has 0 unspecified atom stereocenters. The molecule has 1 saturated carbocycles. The van der Waals surface area contributed by atoms with Crippen LogP contribution in [0.5, 0.6) is 11.5 Å². The van der Waals surface area contributed by atoms with E-state index in [1.165, 1.54) is 56.9 Å². The molecule has 0 radical (unpaired) electrons. The summed E-state index contributed by atoms with van der Waals surface area (Å²) in [6, 6.07) is 34.1. The van der Waals surface area contributed by atoms with E-state index in [-0.39, 0.29) is 94.4 Å². The number of esters is 2. The molecule has 12 atom stereocenters. The number of azide groups is 2. The van der Waals surface area contributed by atoms with Crippen LogP contribution in [0.1, 0.15) is 113 Å². The summed E-state index contributed by atoms with van der Waals surface area (Å²) >= 11 is 0. The summed E-state index contributed by atoms with van der Waals surface area (Å²) in [6.45, 7) is 17.4. The van der Waals surface area contributed by atoms with Gasteiger partial charge >= 0.3 is 30.1 Å². The van der Waals surface area contributed by atoms with Crippen molar-refractivity contribution in [2.24, 2.45) is 27.8 Å². The SMILES string of the molecule is CC.COC(=O)[C@@H]1C[C@@H](N=[N+]=[N-])CN1S(=O)(=O)c1ccc(C)cc1.COC(=O)[C@@H]1C[C@H](C)CN1S(=O)(=O)c1ccc(C)cc1.Cc1ccc(S(=O)(=O)N2C[C@H](N)C[C@H]2C(=O)N[C@H](C)Cc2ccc(OC(=O)N(C)C)cc2)cc1.Cc1ccc(S(=O)(=O)N2C[C@H](N=[N+]=[N-])C[C@H]2C(=O)N[C@H](C)Cc2ccc(OC(=O)N(C)C)cc2)cc1.O=C(O)[C@H]1CC[C@@H](O)C1. The molecule has 1 aliphatic carbocycles. The Morgan fingerprint density at radius 3 is 1.09 bits per heavy atom. The molecule has 6 aromatic carbocycles. The lowest BCUT2D eigenvalue weighted by Gasteiger charge is -2.25. The first kappa shape index (κ1) is 101. The van der Waals surface area contributed by atoms with Crippen LogP contribution in [0.2, 0.25) is 0 Å². The number of hydrogen-bond donors (Lipinski definition) is 5. The number of carbonyl (C=O) groups excluding carboxylic acids is 6. The topological polar surface area (TPSA) is 500 Å². The van der Waals surface area contributed by atoms with Crippen molar-refractivity contribution in [1.82, 2.24) is 37.7 Å². The molecule has 6 aromatic rings. The minimum Gasteiger partial charge on any atom is -0.481 e. The number of rotatable bonds is 23. The summed E-state index contributed by atoms with van der Waals surface area (Å²) in [7, 11) is -6.48. The van der Waals surface area contributed by atoms with Crippen molar-refractivity contribution in [3.05, 3.63) is 200 Å². The first-order valence-electron chi connectivity index (χ1n) is 39.8. The van der Waals surface area contributed by atoms with Crippen LogP contribution < -0.4 is 25.8 Å². The quantitative estimate of drug-likeness (QED) is 0.0172. The summed E-state index contributed by atoms with van der Waals surface area (Å²) in [5.41, 5.74) is 29.0. The highest BCUT2D eigenvalue weighted by atomic mass is 32.2. The molecule has 36 nitrogen and oxygen atoms in total. The number of carboxylic acids is 1. The Morgan fingerprint density at radius 1 is 0.480 bits per heavy atom. The minimum absolute atomic E-state index is 0.0416. The average molecular weight is 1790 g/mol. The first-order chi connectivity index (χ1) is 57.9. The van der Waals surface area contributed by atoms with Crippen molar-refractivity contribution in [3.63, 3.8) is 0 Å². The Balaban J connectivity index is 0.000000249. The van der Waals surface area contributed by atoms with Gasteiger partial charge < -0.3 is 55.3 Å². The van der Waals surface area contributed by atoms with Crippen molar-refractivity contribution >= 4 is 82.0 Å². The molecule has 40 heteroatoms. The molecule has 4 saturated heterocycles. The second-order valence-electron chi connectivity index (χ2n) is 30.7. The number of nitrogens with one attached hydrogen (secondary N) is 2. The fraction of sp³-hybridized carbons (Fsp3) is 0.482. The van der Waals surface area contributed by atoms with Crippen molar-refractivity contribution in [2.45, 2.75) is 200 Å². The molecule has 0 bridgehead atoms. The zero-order chi connectivity index (χ0) is 91.6. The molecule has 4 heterocycles. The molecule has 0 aromatic heterocycles. The number of carbonyl (C=O) groups is 7. The third-order valence-electron chi connectivity index (χ3n) is 20.3. The number of sulfonamides is 4. The van der Waals surface area contributed by atoms with Crippen LogP contribution >= 0.6 is 0 Å². The third-order valence-corrected chi connectivity index (χ3v) is 27.9. The lowest BCUT2D eigenvalue weighted by molar-refractivity contribution is -0.145. The normalized spacial score (nSPS) is 21.2. The van der Waals surface area contributed by atoms with Crippen LogP contribution in [0, 0.1) is 39.5 Å². The van der Waals surface area contributed by atoms with Gasteiger partial charge in [0.25, 0.3) is 0 Å². The highest BCUT2D eigenvalue weighted by Crippen LogP contribution is 2.34. The number of carboxylic acid groups (broad SMARTS) is 1. The lowest BCUT2D eigenvalue weighted by atomic mass is 10.1. The molecule has 11 rings (SSSR count). The number of aliphatic hydroxyl groups excluding tert-OH is 1. The summed E-state index contributed by atoms with van der Waals surface area (Å²) < 4.78 is 128. The van der Waals surface area contributed by atoms with Gasteiger partial charge in [-0.15, -0.1) is 0 Å². The largest absolute Gasteiger partial charge is 0.481 e. The number of ether oxygens (including phenoxy) is 4. The van der Waals surface area contributed by atoms with Crippen LogP contribution in [-0.2, 0) is 86.4 Å². The third kappa shape index (κ3) is 28.5. The standard InChI is InChI=1S/C24H30N6O5S.C24H32N4O5S.C14H19NO4S.C13H16N4O4S.C6H10O3.C2H6/c1-16-5-11-21(12-6-16)36(33,34)30-15-19(27-28-25)14-22(30)23(31)26-17(2)13-18-7-9-20(10-8-18)35-24(32)29(3)4;1-16-5-11-21(12-6-16)34(31,32)28-15-19(25)14-22(28)23(29)26-17(2)13-18-7-9-20(10-8-18)33-24(30)27(3)4;1-10-4-6-12(7-5-10)20(17,18)15-9-11(2)8-13(15)14(16)19-3;1-9-3-5-11(6-4-9)22(19,20)17-8-10(15-16-14)7-12(17)13(18)21-2;7-5-2-1-4(3-5)6(8)9;1-2/h5-12,17,19,22H,13-15H2,1-4H3,(H,26,31);5-12,17,19,22H,13-15,25H2,1-4H3,(H,26,29);4-7,11,13H,8-9H2,1-3H3;3-6,10,12H,7-8H2,1-2H3;4-5,7H,1-3H2,(H,8,9);1-2H3/t2*17-,19-,22+;11-,13-;10-,12+;4-,5+;/m11010./s1. The summed E-state index contributed by atoms with van der Waals surface area (Å²) in [5.74, 6) is -2.07. The number of benzene rings is 6. The maximum Gasteiger partial charge on any atom is 0.414 e. The number of nitrogens with two attached hydrogens (primary N) is 1. The van der Waals surface area contributed by atoms with E-state index in [2.05, 4.69) is 35.4 Å². The minimum atomic E-state index is -3.97. The van der Waals surface area contributed by atoms with E-state index in [9.17, 15) is 67.2 Å². The Labute approximate surface area is 719 Å². The number of aliphatic carboxylic acids is 1. The number of amides is 4. The Bertz CT molecular complexity index is 5170. The van der Waals surface area contributed by atoms with Gasteiger partial charge in [0, 0.05) is 82.3 Å². The average Bonchev–Trinajstić information content (AvgIpc) is 1.71. The summed E-state index contributed by atoms with van der Waals surface area (Å²) in [5, 5.41) is 30.3. The van der Waals surface area contributed by atoms with Gasteiger partial charge in [-0.05, 0) is 200 Å². The molecular weight excluding hydrogens is 1670 g/mol. The summed E-state index contributed by atoms with van der Waals surface area (Å²) in [4.78, 5) is 92.1. The molecule has 4 aliphatic heterocycles. The molecule has 670 valence electrons. The number of methoxy groups -OCH3 is 2. The fourth-order valence-electron chi connectivity index (χ4n) is 13.8. The van der Waals surface area contributed by atoms with E-state index in [1.807, 2.05) is 74.4 Å². The second kappa shape index (κ2) is 46.2. The van der Waals surface area contributed by atoms with Gasteiger partial charge in [-0.1, -0.05) is 126 Å². The van der Waals surface area contributed by atoms with Crippen molar-refractivity contribution in [1.29, 1.82) is 0 Å². The first-order valence-corrected chi connectivity index (χ1v) is 45.5. The van der Waals surface area contributed by atoms with Gasteiger partial charge in [0.1, 0.15) is 35.7 Å². The Hall–Kier alpha value is -10.6. The van der Waals surface area contributed by atoms with Crippen LogP contribution in [0.3, 0.4) is 0 Å².